The van der Waals surface area contributed by atoms with Gasteiger partial charge in [0.1, 0.15) is 5.75 Å². The van der Waals surface area contributed by atoms with Crippen LogP contribution in [0.5, 0.6) is 5.75 Å². The first-order valence-electron chi connectivity index (χ1n) is 8.57. The Morgan fingerprint density at radius 1 is 1.19 bits per heavy atom. The van der Waals surface area contributed by atoms with Crippen LogP contribution in [0.2, 0.25) is 10.0 Å². The summed E-state index contributed by atoms with van der Waals surface area (Å²) < 4.78 is 0. The van der Waals surface area contributed by atoms with Gasteiger partial charge >= 0.3 is 0 Å². The Bertz CT molecular complexity index is 659. The number of likely N-dealkylation sites (tertiary alicyclic amines) is 1. The standard InChI is InChI=1S/C12H20N2O3.C6H4Cl2O/c1-13(11(17)12(9-15)4-5-12)8-10(16)14-6-2-3-7-14;7-5-2-1-4(9)3-6(5)8/h15H,2-9H2,1H3;1-3,9H. The minimum absolute atomic E-state index is 0.0205. The van der Waals surface area contributed by atoms with Gasteiger partial charge in [0.25, 0.3) is 0 Å². The van der Waals surface area contributed by atoms with Crippen molar-refractivity contribution in [2.24, 2.45) is 5.41 Å². The molecule has 1 saturated carbocycles. The van der Waals surface area contributed by atoms with Crippen LogP contribution in [-0.2, 0) is 9.59 Å². The second kappa shape index (κ2) is 8.93. The zero-order chi connectivity index (χ0) is 19.3. The molecular formula is C18H24Cl2N2O4. The summed E-state index contributed by atoms with van der Waals surface area (Å²) in [5.41, 5.74) is -0.569. The number of rotatable bonds is 4. The lowest BCUT2D eigenvalue weighted by atomic mass is 10.1. The summed E-state index contributed by atoms with van der Waals surface area (Å²) in [6.07, 6.45) is 3.60. The molecule has 26 heavy (non-hydrogen) atoms. The summed E-state index contributed by atoms with van der Waals surface area (Å²) in [5.74, 6) is 0.0593. The van der Waals surface area contributed by atoms with E-state index >= 15 is 0 Å². The molecule has 1 aromatic rings. The van der Waals surface area contributed by atoms with Gasteiger partial charge in [-0.1, -0.05) is 23.2 Å². The number of carbonyl (C=O) groups is 2. The summed E-state index contributed by atoms with van der Waals surface area (Å²) in [7, 11) is 1.64. The molecule has 2 fully saturated rings. The van der Waals surface area contributed by atoms with E-state index in [2.05, 4.69) is 0 Å². The van der Waals surface area contributed by atoms with E-state index in [9.17, 15) is 14.7 Å². The number of halogens is 2. The number of nitrogens with zero attached hydrogens (tertiary/aromatic N) is 2. The lowest BCUT2D eigenvalue weighted by molar-refractivity contribution is -0.143. The van der Waals surface area contributed by atoms with Gasteiger partial charge in [0.2, 0.25) is 11.8 Å². The van der Waals surface area contributed by atoms with Crippen LogP contribution < -0.4 is 0 Å². The first kappa shape index (κ1) is 20.8. The van der Waals surface area contributed by atoms with E-state index < -0.39 is 5.41 Å². The Morgan fingerprint density at radius 3 is 2.27 bits per heavy atom. The smallest absolute Gasteiger partial charge is 0.242 e. The molecule has 3 rings (SSSR count). The van der Waals surface area contributed by atoms with Crippen molar-refractivity contribution in [2.75, 3.05) is 33.3 Å². The lowest BCUT2D eigenvalue weighted by Gasteiger charge is -2.24. The zero-order valence-electron chi connectivity index (χ0n) is 14.8. The largest absolute Gasteiger partial charge is 0.508 e. The highest BCUT2D eigenvalue weighted by Gasteiger charge is 2.50. The molecule has 6 nitrogen and oxygen atoms in total. The van der Waals surface area contributed by atoms with Gasteiger partial charge in [-0.15, -0.1) is 0 Å². The van der Waals surface area contributed by atoms with E-state index in [-0.39, 0.29) is 30.7 Å². The summed E-state index contributed by atoms with van der Waals surface area (Å²) in [6.45, 7) is 1.66. The molecule has 0 atom stereocenters. The van der Waals surface area contributed by atoms with Crippen LogP contribution >= 0.6 is 23.2 Å². The molecule has 2 amide bonds. The van der Waals surface area contributed by atoms with Crippen molar-refractivity contribution >= 4 is 35.0 Å². The predicted octanol–water partition coefficient (Wildman–Crippen LogP) is 2.54. The first-order chi connectivity index (χ1) is 12.3. The third kappa shape index (κ3) is 5.25. The van der Waals surface area contributed by atoms with Crippen LogP contribution in [0.1, 0.15) is 25.7 Å². The Labute approximate surface area is 163 Å². The number of hydrogen-bond acceptors (Lipinski definition) is 4. The Kier molecular flexibility index (Phi) is 7.15. The molecule has 0 unspecified atom stereocenters. The Balaban J connectivity index is 0.000000228. The lowest BCUT2D eigenvalue weighted by Crippen LogP contribution is -2.43. The van der Waals surface area contributed by atoms with Gasteiger partial charge in [-0.2, -0.15) is 0 Å². The second-order valence-corrected chi connectivity index (χ2v) is 7.60. The number of amides is 2. The molecule has 1 aromatic carbocycles. The van der Waals surface area contributed by atoms with Gasteiger partial charge < -0.3 is 20.0 Å². The number of benzene rings is 1. The van der Waals surface area contributed by atoms with E-state index in [1.165, 1.54) is 17.0 Å². The van der Waals surface area contributed by atoms with Crippen LogP contribution in [0, 0.1) is 5.41 Å². The summed E-state index contributed by atoms with van der Waals surface area (Å²) >= 11 is 11.1. The van der Waals surface area contributed by atoms with Crippen LogP contribution in [-0.4, -0.2) is 65.1 Å². The Hall–Kier alpha value is -1.50. The minimum Gasteiger partial charge on any atom is -0.508 e. The van der Waals surface area contributed by atoms with E-state index in [1.54, 1.807) is 13.1 Å². The molecule has 1 heterocycles. The normalized spacial score (nSPS) is 17.3. The molecule has 0 aromatic heterocycles. The summed E-state index contributed by atoms with van der Waals surface area (Å²) in [6, 6.07) is 4.41. The van der Waals surface area contributed by atoms with Gasteiger partial charge in [0.15, 0.2) is 0 Å². The van der Waals surface area contributed by atoms with Crippen LogP contribution in [0.4, 0.5) is 0 Å². The number of aliphatic hydroxyl groups excluding tert-OH is 1. The molecule has 1 aliphatic carbocycles. The number of phenols is 1. The fourth-order valence-corrected chi connectivity index (χ4v) is 3.11. The van der Waals surface area contributed by atoms with E-state index in [1.807, 2.05) is 4.90 Å². The van der Waals surface area contributed by atoms with E-state index in [4.69, 9.17) is 28.3 Å². The maximum absolute atomic E-state index is 12.0. The molecule has 0 radical (unpaired) electrons. The zero-order valence-corrected chi connectivity index (χ0v) is 16.3. The van der Waals surface area contributed by atoms with Gasteiger partial charge in [-0.25, -0.2) is 0 Å². The minimum atomic E-state index is -0.569. The first-order valence-corrected chi connectivity index (χ1v) is 9.33. The fraction of sp³-hybridized carbons (Fsp3) is 0.556. The maximum Gasteiger partial charge on any atom is 0.242 e. The van der Waals surface area contributed by atoms with Crippen molar-refractivity contribution in [1.82, 2.24) is 9.80 Å². The van der Waals surface area contributed by atoms with Crippen LogP contribution in [0.15, 0.2) is 18.2 Å². The molecule has 8 heteroatoms. The molecule has 2 aliphatic rings. The highest BCUT2D eigenvalue weighted by molar-refractivity contribution is 6.42. The third-order valence-corrected chi connectivity index (χ3v) is 5.43. The topological polar surface area (TPSA) is 81.1 Å². The molecule has 0 bridgehead atoms. The highest BCUT2D eigenvalue weighted by Crippen LogP contribution is 2.46. The monoisotopic (exact) mass is 402 g/mol. The number of hydrogen-bond donors (Lipinski definition) is 2. The van der Waals surface area contributed by atoms with Gasteiger partial charge in [0, 0.05) is 20.1 Å². The number of aliphatic hydroxyl groups is 1. The quantitative estimate of drug-likeness (QED) is 0.810. The number of carbonyl (C=O) groups excluding carboxylic acids is 2. The average molecular weight is 403 g/mol. The molecule has 144 valence electrons. The molecule has 0 spiro atoms. The van der Waals surface area contributed by atoms with Crippen molar-refractivity contribution in [3.8, 4) is 5.75 Å². The molecular weight excluding hydrogens is 379 g/mol. The fourth-order valence-electron chi connectivity index (χ4n) is 2.82. The van der Waals surface area contributed by atoms with Crippen molar-refractivity contribution in [3.05, 3.63) is 28.2 Å². The average Bonchev–Trinajstić information content (AvgIpc) is 3.22. The van der Waals surface area contributed by atoms with Crippen LogP contribution in [0.25, 0.3) is 0 Å². The summed E-state index contributed by atoms with van der Waals surface area (Å²) in [5, 5.41) is 18.8. The highest BCUT2D eigenvalue weighted by atomic mass is 35.5. The SMILES string of the molecule is CN(CC(=O)N1CCCC1)C(=O)C1(CO)CC1.Oc1ccc(Cl)c(Cl)c1. The van der Waals surface area contributed by atoms with Crippen molar-refractivity contribution in [3.63, 3.8) is 0 Å². The van der Waals surface area contributed by atoms with Gasteiger partial charge in [-0.05, 0) is 43.9 Å². The number of likely N-dealkylation sites (N-methyl/N-ethyl adjacent to an activating group) is 1. The number of aromatic hydroxyl groups is 1. The van der Waals surface area contributed by atoms with Crippen molar-refractivity contribution in [2.45, 2.75) is 25.7 Å². The Morgan fingerprint density at radius 2 is 1.81 bits per heavy atom. The van der Waals surface area contributed by atoms with Crippen LogP contribution in [0.3, 0.4) is 0 Å². The molecule has 2 N–H and O–H groups in total. The van der Waals surface area contributed by atoms with Gasteiger partial charge in [0.05, 0.1) is 28.6 Å². The molecule has 1 aliphatic heterocycles. The van der Waals surface area contributed by atoms with Crippen molar-refractivity contribution < 1.29 is 19.8 Å². The predicted molar refractivity (Wildman–Crippen MR) is 100 cm³/mol. The van der Waals surface area contributed by atoms with E-state index in [0.717, 1.165) is 38.8 Å². The second-order valence-electron chi connectivity index (χ2n) is 6.79. The number of phenolic OH excluding ortho intramolecular Hbond substituents is 1. The third-order valence-electron chi connectivity index (χ3n) is 4.69. The molecule has 1 saturated heterocycles. The van der Waals surface area contributed by atoms with Crippen molar-refractivity contribution in [1.29, 1.82) is 0 Å². The maximum atomic E-state index is 12.0. The summed E-state index contributed by atoms with van der Waals surface area (Å²) in [4.78, 5) is 27.1. The van der Waals surface area contributed by atoms with Gasteiger partial charge in [-0.3, -0.25) is 9.59 Å². The van der Waals surface area contributed by atoms with E-state index in [0.29, 0.717) is 10.0 Å².